The minimum Gasteiger partial charge on any atom is -0.395 e. The third-order valence-corrected chi connectivity index (χ3v) is 4.57. The second kappa shape index (κ2) is 5.09. The monoisotopic (exact) mass is 269 g/mol. The molecule has 0 aliphatic carbocycles. The van der Waals surface area contributed by atoms with Gasteiger partial charge in [0, 0.05) is 32.7 Å². The van der Waals surface area contributed by atoms with Crippen LogP contribution in [-0.4, -0.2) is 76.6 Å². The van der Waals surface area contributed by atoms with E-state index in [-0.39, 0.29) is 24.6 Å². The lowest BCUT2D eigenvalue weighted by molar-refractivity contribution is -0.135. The van der Waals surface area contributed by atoms with Crippen molar-refractivity contribution < 1.29 is 14.7 Å². The van der Waals surface area contributed by atoms with Gasteiger partial charge < -0.3 is 10.0 Å². The maximum absolute atomic E-state index is 12.4. The Hall–Kier alpha value is -1.14. The predicted molar refractivity (Wildman–Crippen MR) is 70.6 cm³/mol. The summed E-state index contributed by atoms with van der Waals surface area (Å²) >= 11 is 0. The molecule has 0 aromatic rings. The van der Waals surface area contributed by atoms with Crippen LogP contribution in [0.15, 0.2) is 0 Å². The first-order valence-electron chi connectivity index (χ1n) is 6.92. The number of imide groups is 1. The van der Waals surface area contributed by atoms with Crippen LogP contribution in [-0.2, 0) is 4.79 Å². The van der Waals surface area contributed by atoms with E-state index in [2.05, 4.69) is 4.90 Å². The third kappa shape index (κ3) is 2.03. The molecule has 2 aliphatic heterocycles. The standard InChI is InChI=1S/C13H23N3O3/c1-4-16-12(19)14(3)11(18)13(16)5-7-15(8-6-13)10(2)9-17/h10,17H,4-9H2,1-3H3. The van der Waals surface area contributed by atoms with Crippen LogP contribution in [0, 0.1) is 0 Å². The first-order valence-corrected chi connectivity index (χ1v) is 6.92. The fraction of sp³-hybridized carbons (Fsp3) is 0.846. The van der Waals surface area contributed by atoms with Crippen LogP contribution in [0.25, 0.3) is 0 Å². The molecule has 0 radical (unpaired) electrons. The fourth-order valence-electron chi connectivity index (χ4n) is 3.25. The van der Waals surface area contributed by atoms with Crippen molar-refractivity contribution in [2.45, 2.75) is 38.3 Å². The number of aliphatic hydroxyl groups excluding tert-OH is 1. The van der Waals surface area contributed by atoms with E-state index in [1.54, 1.807) is 11.9 Å². The number of rotatable bonds is 3. The van der Waals surface area contributed by atoms with Crippen molar-refractivity contribution in [2.24, 2.45) is 0 Å². The third-order valence-electron chi connectivity index (χ3n) is 4.57. The zero-order chi connectivity index (χ0) is 14.2. The number of carbonyl (C=O) groups is 2. The van der Waals surface area contributed by atoms with Gasteiger partial charge >= 0.3 is 6.03 Å². The maximum atomic E-state index is 12.4. The Balaban J connectivity index is 2.16. The number of hydrogen-bond acceptors (Lipinski definition) is 4. The predicted octanol–water partition coefficient (Wildman–Crippen LogP) is 0.116. The zero-order valence-electron chi connectivity index (χ0n) is 11.9. The molecule has 19 heavy (non-hydrogen) atoms. The van der Waals surface area contributed by atoms with E-state index in [4.69, 9.17) is 0 Å². The molecule has 3 amide bonds. The van der Waals surface area contributed by atoms with Crippen molar-refractivity contribution >= 4 is 11.9 Å². The molecule has 0 aromatic heterocycles. The lowest BCUT2D eigenvalue weighted by atomic mass is 9.85. The number of aliphatic hydroxyl groups is 1. The molecule has 0 saturated carbocycles. The number of likely N-dealkylation sites (N-methyl/N-ethyl adjacent to an activating group) is 2. The number of piperidine rings is 1. The number of nitrogens with zero attached hydrogens (tertiary/aromatic N) is 3. The number of likely N-dealkylation sites (tertiary alicyclic amines) is 1. The van der Waals surface area contributed by atoms with E-state index in [9.17, 15) is 14.7 Å². The minimum absolute atomic E-state index is 0.0735. The highest BCUT2D eigenvalue weighted by Gasteiger charge is 2.56. The molecule has 1 unspecified atom stereocenters. The SMILES string of the molecule is CCN1C(=O)N(C)C(=O)C12CCN(C(C)CO)CC2. The highest BCUT2D eigenvalue weighted by atomic mass is 16.3. The summed E-state index contributed by atoms with van der Waals surface area (Å²) < 4.78 is 0. The van der Waals surface area contributed by atoms with Gasteiger partial charge in [-0.05, 0) is 26.7 Å². The first-order chi connectivity index (χ1) is 8.97. The maximum Gasteiger partial charge on any atom is 0.327 e. The largest absolute Gasteiger partial charge is 0.395 e. The van der Waals surface area contributed by atoms with Crippen molar-refractivity contribution in [1.29, 1.82) is 0 Å². The summed E-state index contributed by atoms with van der Waals surface area (Å²) in [5.41, 5.74) is -0.647. The highest BCUT2D eigenvalue weighted by molar-refractivity contribution is 6.06. The van der Waals surface area contributed by atoms with E-state index in [0.717, 1.165) is 13.1 Å². The molecule has 2 aliphatic rings. The smallest absolute Gasteiger partial charge is 0.327 e. The van der Waals surface area contributed by atoms with Crippen LogP contribution < -0.4 is 0 Å². The summed E-state index contributed by atoms with van der Waals surface area (Å²) in [4.78, 5) is 29.6. The number of urea groups is 1. The van der Waals surface area contributed by atoms with Crippen molar-refractivity contribution in [3.05, 3.63) is 0 Å². The van der Waals surface area contributed by atoms with E-state index in [1.165, 1.54) is 4.90 Å². The number of hydrogen-bond donors (Lipinski definition) is 1. The van der Waals surface area contributed by atoms with Gasteiger partial charge in [0.1, 0.15) is 5.54 Å². The Morgan fingerprint density at radius 2 is 1.89 bits per heavy atom. The Bertz CT molecular complexity index is 377. The van der Waals surface area contributed by atoms with Crippen molar-refractivity contribution in [1.82, 2.24) is 14.7 Å². The Morgan fingerprint density at radius 1 is 1.32 bits per heavy atom. The quantitative estimate of drug-likeness (QED) is 0.739. The van der Waals surface area contributed by atoms with Gasteiger partial charge in [0.15, 0.2) is 0 Å². The van der Waals surface area contributed by atoms with Gasteiger partial charge in [-0.2, -0.15) is 0 Å². The summed E-state index contributed by atoms with van der Waals surface area (Å²) in [6.07, 6.45) is 1.31. The van der Waals surface area contributed by atoms with E-state index < -0.39 is 5.54 Å². The fourth-order valence-corrected chi connectivity index (χ4v) is 3.25. The zero-order valence-corrected chi connectivity index (χ0v) is 11.9. The van der Waals surface area contributed by atoms with Gasteiger partial charge in [0.05, 0.1) is 6.61 Å². The molecular weight excluding hydrogens is 246 g/mol. The molecule has 1 N–H and O–H groups in total. The molecule has 0 bridgehead atoms. The van der Waals surface area contributed by atoms with Crippen molar-refractivity contribution in [3.8, 4) is 0 Å². The van der Waals surface area contributed by atoms with E-state index in [0.29, 0.717) is 19.4 Å². The second-order valence-electron chi connectivity index (χ2n) is 5.49. The van der Waals surface area contributed by atoms with Crippen LogP contribution in [0.5, 0.6) is 0 Å². The van der Waals surface area contributed by atoms with Gasteiger partial charge in [0.25, 0.3) is 5.91 Å². The summed E-state index contributed by atoms with van der Waals surface area (Å²) in [5.74, 6) is -0.0735. The van der Waals surface area contributed by atoms with Crippen molar-refractivity contribution in [2.75, 3.05) is 33.3 Å². The molecule has 6 heteroatoms. The second-order valence-corrected chi connectivity index (χ2v) is 5.49. The van der Waals surface area contributed by atoms with Crippen molar-refractivity contribution in [3.63, 3.8) is 0 Å². The van der Waals surface area contributed by atoms with Gasteiger partial charge in [-0.25, -0.2) is 4.79 Å². The van der Waals surface area contributed by atoms with Crippen LogP contribution in [0.2, 0.25) is 0 Å². The Morgan fingerprint density at radius 3 is 2.37 bits per heavy atom. The van der Waals surface area contributed by atoms with Crippen LogP contribution in [0.4, 0.5) is 4.79 Å². The number of carbonyl (C=O) groups excluding carboxylic acids is 2. The lowest BCUT2D eigenvalue weighted by Gasteiger charge is -2.43. The van der Waals surface area contributed by atoms with Gasteiger partial charge in [-0.15, -0.1) is 0 Å². The molecule has 0 aromatic carbocycles. The first kappa shape index (κ1) is 14.3. The summed E-state index contributed by atoms with van der Waals surface area (Å²) in [6.45, 7) is 6.05. The molecule has 1 atom stereocenters. The van der Waals surface area contributed by atoms with E-state index >= 15 is 0 Å². The summed E-state index contributed by atoms with van der Waals surface area (Å²) in [6, 6.07) is -0.0754. The number of amides is 3. The molecule has 2 rings (SSSR count). The van der Waals surface area contributed by atoms with Gasteiger partial charge in [0.2, 0.25) is 0 Å². The molecule has 108 valence electrons. The van der Waals surface area contributed by atoms with Crippen LogP contribution >= 0.6 is 0 Å². The normalized spacial score (nSPS) is 25.5. The average molecular weight is 269 g/mol. The lowest BCUT2D eigenvalue weighted by Crippen LogP contribution is -2.57. The summed E-state index contributed by atoms with van der Waals surface area (Å²) in [7, 11) is 1.56. The molecular formula is C13H23N3O3. The average Bonchev–Trinajstić information content (AvgIpc) is 2.61. The topological polar surface area (TPSA) is 64.1 Å². The van der Waals surface area contributed by atoms with Gasteiger partial charge in [-0.1, -0.05) is 0 Å². The molecule has 6 nitrogen and oxygen atoms in total. The van der Waals surface area contributed by atoms with Crippen LogP contribution in [0.3, 0.4) is 0 Å². The molecule has 1 spiro atoms. The Labute approximate surface area is 114 Å². The minimum atomic E-state index is -0.647. The Kier molecular flexibility index (Phi) is 3.82. The highest BCUT2D eigenvalue weighted by Crippen LogP contribution is 2.36. The van der Waals surface area contributed by atoms with Gasteiger partial charge in [-0.3, -0.25) is 14.6 Å². The van der Waals surface area contributed by atoms with Crippen LogP contribution in [0.1, 0.15) is 26.7 Å². The van der Waals surface area contributed by atoms with E-state index in [1.807, 2.05) is 13.8 Å². The molecule has 2 saturated heterocycles. The molecule has 2 fully saturated rings. The molecule has 2 heterocycles. The summed E-state index contributed by atoms with van der Waals surface area (Å²) in [5, 5.41) is 9.20.